The lowest BCUT2D eigenvalue weighted by atomic mass is 9.95. The van der Waals surface area contributed by atoms with Crippen molar-refractivity contribution in [3.05, 3.63) is 57.0 Å². The van der Waals surface area contributed by atoms with Crippen molar-refractivity contribution in [1.82, 2.24) is 0 Å². The highest BCUT2D eigenvalue weighted by atomic mass is 32.1. The number of carboxylic acids is 2. The van der Waals surface area contributed by atoms with Crippen molar-refractivity contribution in [1.29, 1.82) is 0 Å². The molecule has 0 amide bonds. The number of rotatable bonds is 4. The van der Waals surface area contributed by atoms with Gasteiger partial charge in [-0.3, -0.25) is 0 Å². The molecule has 1 aromatic carbocycles. The van der Waals surface area contributed by atoms with E-state index in [0.717, 1.165) is 9.75 Å². The first kappa shape index (κ1) is 17.3. The van der Waals surface area contributed by atoms with E-state index in [1.54, 1.807) is 24.3 Å². The van der Waals surface area contributed by atoms with Crippen LogP contribution < -0.4 is 0 Å². The SMILES string of the molecule is Cc1ccc(-c2cc(C(=O)O)c(-c3ccc(C)s3)c(F)c2C(=O)O)s1. The smallest absolute Gasteiger partial charge is 0.339 e. The molecule has 0 fully saturated rings. The highest BCUT2D eigenvalue weighted by Gasteiger charge is 2.28. The van der Waals surface area contributed by atoms with Crippen LogP contribution in [0, 0.1) is 19.7 Å². The first-order chi connectivity index (χ1) is 11.8. The van der Waals surface area contributed by atoms with E-state index in [9.17, 15) is 19.8 Å². The maximum Gasteiger partial charge on any atom is 0.339 e. The predicted octanol–water partition coefficient (Wildman–Crippen LogP) is 5.30. The van der Waals surface area contributed by atoms with Gasteiger partial charge in [0.1, 0.15) is 11.4 Å². The zero-order valence-corrected chi connectivity index (χ0v) is 14.9. The van der Waals surface area contributed by atoms with Gasteiger partial charge < -0.3 is 10.2 Å². The summed E-state index contributed by atoms with van der Waals surface area (Å²) in [6.07, 6.45) is 0. The van der Waals surface area contributed by atoms with Gasteiger partial charge in [0.2, 0.25) is 0 Å². The largest absolute Gasteiger partial charge is 0.478 e. The molecule has 0 radical (unpaired) electrons. The monoisotopic (exact) mass is 376 g/mol. The molecule has 0 bridgehead atoms. The van der Waals surface area contributed by atoms with Gasteiger partial charge in [0.05, 0.1) is 5.56 Å². The van der Waals surface area contributed by atoms with Crippen molar-refractivity contribution in [3.8, 4) is 20.9 Å². The van der Waals surface area contributed by atoms with Gasteiger partial charge in [-0.25, -0.2) is 14.0 Å². The molecule has 0 saturated carbocycles. The lowest BCUT2D eigenvalue weighted by molar-refractivity contribution is 0.0678. The van der Waals surface area contributed by atoms with Crippen LogP contribution in [0.2, 0.25) is 0 Å². The highest BCUT2D eigenvalue weighted by molar-refractivity contribution is 7.15. The molecule has 0 spiro atoms. The summed E-state index contributed by atoms with van der Waals surface area (Å²) < 4.78 is 15.2. The third-order valence-corrected chi connectivity index (χ3v) is 5.76. The van der Waals surface area contributed by atoms with Crippen molar-refractivity contribution in [2.45, 2.75) is 13.8 Å². The zero-order valence-electron chi connectivity index (χ0n) is 13.3. The maximum atomic E-state index is 15.2. The minimum absolute atomic E-state index is 0.0810. The van der Waals surface area contributed by atoms with Gasteiger partial charge in [0, 0.05) is 30.6 Å². The molecule has 3 aromatic rings. The Labute approximate surface area is 150 Å². The number of halogens is 1. The van der Waals surface area contributed by atoms with Crippen LogP contribution in [0.15, 0.2) is 30.3 Å². The topological polar surface area (TPSA) is 74.6 Å². The number of carbonyl (C=O) groups is 2. The first-order valence-corrected chi connectivity index (χ1v) is 8.89. The summed E-state index contributed by atoms with van der Waals surface area (Å²) >= 11 is 2.51. The van der Waals surface area contributed by atoms with Gasteiger partial charge in [0.15, 0.2) is 0 Å². The quantitative estimate of drug-likeness (QED) is 0.648. The summed E-state index contributed by atoms with van der Waals surface area (Å²) in [5.41, 5.74) is -0.851. The van der Waals surface area contributed by atoms with Crippen LogP contribution in [-0.4, -0.2) is 22.2 Å². The Bertz CT molecular complexity index is 1000. The molecule has 0 unspecified atom stereocenters. The maximum absolute atomic E-state index is 15.2. The summed E-state index contributed by atoms with van der Waals surface area (Å²) in [4.78, 5) is 26.1. The average molecular weight is 376 g/mol. The van der Waals surface area contributed by atoms with Crippen molar-refractivity contribution in [2.75, 3.05) is 0 Å². The van der Waals surface area contributed by atoms with Crippen LogP contribution >= 0.6 is 22.7 Å². The van der Waals surface area contributed by atoms with Crippen LogP contribution in [0.1, 0.15) is 30.5 Å². The van der Waals surface area contributed by atoms with Gasteiger partial charge in [-0.1, -0.05) is 0 Å². The van der Waals surface area contributed by atoms with Gasteiger partial charge in [-0.05, 0) is 44.2 Å². The van der Waals surface area contributed by atoms with E-state index < -0.39 is 23.3 Å². The van der Waals surface area contributed by atoms with Gasteiger partial charge in [0.25, 0.3) is 0 Å². The second-order valence-electron chi connectivity index (χ2n) is 5.47. The molecule has 2 heterocycles. The molecular weight excluding hydrogens is 363 g/mol. The van der Waals surface area contributed by atoms with E-state index in [4.69, 9.17) is 0 Å². The van der Waals surface area contributed by atoms with Gasteiger partial charge in [-0.15, -0.1) is 22.7 Å². The van der Waals surface area contributed by atoms with Crippen LogP contribution in [0.3, 0.4) is 0 Å². The number of benzene rings is 1. The summed E-state index contributed by atoms with van der Waals surface area (Å²) in [5.74, 6) is -3.74. The highest BCUT2D eigenvalue weighted by Crippen LogP contribution is 2.40. The third kappa shape index (κ3) is 3.08. The van der Waals surface area contributed by atoms with Crippen LogP contribution in [0.5, 0.6) is 0 Å². The summed E-state index contributed by atoms with van der Waals surface area (Å²) in [6, 6.07) is 8.04. The molecule has 4 nitrogen and oxygen atoms in total. The van der Waals surface area contributed by atoms with Crippen LogP contribution in [0.4, 0.5) is 4.39 Å². The van der Waals surface area contributed by atoms with Crippen molar-refractivity contribution in [2.24, 2.45) is 0 Å². The molecule has 3 rings (SSSR count). The molecule has 0 atom stereocenters. The van der Waals surface area contributed by atoms with E-state index in [-0.39, 0.29) is 16.7 Å². The fraction of sp³-hybridized carbons (Fsp3) is 0.111. The molecule has 7 heteroatoms. The van der Waals surface area contributed by atoms with E-state index in [1.807, 2.05) is 13.8 Å². The molecular formula is C18H13FO4S2. The lowest BCUT2D eigenvalue weighted by Crippen LogP contribution is -2.10. The van der Waals surface area contributed by atoms with E-state index >= 15 is 4.39 Å². The average Bonchev–Trinajstić information content (AvgIpc) is 3.14. The standard InChI is InChI=1S/C18H13FO4S2/c1-8-3-5-12(24-8)10-7-11(17(20)21)14(13-6-4-9(2)25-13)16(19)15(10)18(22)23/h3-7H,1-2H3,(H,20,21)(H,22,23). The molecule has 0 aliphatic rings. The fourth-order valence-electron chi connectivity index (χ4n) is 2.61. The fourth-order valence-corrected chi connectivity index (χ4v) is 4.42. The van der Waals surface area contributed by atoms with E-state index in [2.05, 4.69) is 0 Å². The van der Waals surface area contributed by atoms with Gasteiger partial charge >= 0.3 is 11.9 Å². The predicted molar refractivity (Wildman–Crippen MR) is 96.4 cm³/mol. The molecule has 128 valence electrons. The Morgan fingerprint density at radius 3 is 1.92 bits per heavy atom. The number of carboxylic acid groups (broad SMARTS) is 2. The Kier molecular flexibility index (Phi) is 4.45. The number of hydrogen-bond donors (Lipinski definition) is 2. The molecule has 2 aromatic heterocycles. The number of aromatic carboxylic acids is 2. The summed E-state index contributed by atoms with van der Waals surface area (Å²) in [5, 5.41) is 19.1. The summed E-state index contributed by atoms with van der Waals surface area (Å²) in [6.45, 7) is 3.65. The van der Waals surface area contributed by atoms with Crippen LogP contribution in [-0.2, 0) is 0 Å². The second kappa shape index (κ2) is 6.42. The Morgan fingerprint density at radius 1 is 0.920 bits per heavy atom. The number of aryl methyl sites for hydroxylation is 2. The lowest BCUT2D eigenvalue weighted by Gasteiger charge is -2.13. The molecule has 0 aliphatic carbocycles. The molecule has 2 N–H and O–H groups in total. The first-order valence-electron chi connectivity index (χ1n) is 7.26. The van der Waals surface area contributed by atoms with E-state index in [1.165, 1.54) is 28.7 Å². The minimum atomic E-state index is -1.43. The molecule has 0 saturated heterocycles. The molecule has 0 aliphatic heterocycles. The Balaban J connectivity index is 2.40. The number of hydrogen-bond acceptors (Lipinski definition) is 4. The molecule has 25 heavy (non-hydrogen) atoms. The van der Waals surface area contributed by atoms with Crippen molar-refractivity contribution in [3.63, 3.8) is 0 Å². The van der Waals surface area contributed by atoms with Crippen LogP contribution in [0.25, 0.3) is 20.9 Å². The minimum Gasteiger partial charge on any atom is -0.478 e. The summed E-state index contributed by atoms with van der Waals surface area (Å²) in [7, 11) is 0. The van der Waals surface area contributed by atoms with Crippen molar-refractivity contribution >= 4 is 34.6 Å². The van der Waals surface area contributed by atoms with Crippen molar-refractivity contribution < 1.29 is 24.2 Å². The Morgan fingerprint density at radius 2 is 1.48 bits per heavy atom. The second-order valence-corrected chi connectivity index (χ2v) is 8.04. The normalized spacial score (nSPS) is 10.8. The number of thiophene rings is 2. The van der Waals surface area contributed by atoms with Gasteiger partial charge in [-0.2, -0.15) is 0 Å². The Hall–Kier alpha value is -2.51. The van der Waals surface area contributed by atoms with E-state index in [0.29, 0.717) is 9.75 Å². The zero-order chi connectivity index (χ0) is 18.3. The third-order valence-electron chi connectivity index (χ3n) is 3.70.